The van der Waals surface area contributed by atoms with Crippen LogP contribution in [0.1, 0.15) is 42.7 Å². The molecule has 3 rings (SSSR count). The van der Waals surface area contributed by atoms with Gasteiger partial charge in [0.2, 0.25) is 0 Å². The van der Waals surface area contributed by atoms with E-state index in [0.29, 0.717) is 12.0 Å². The Morgan fingerprint density at radius 1 is 1.30 bits per heavy atom. The summed E-state index contributed by atoms with van der Waals surface area (Å²) in [6.45, 7) is 3.50. The zero-order valence-corrected chi connectivity index (χ0v) is 13.1. The first kappa shape index (κ1) is 14.4. The number of nitrogens with zero attached hydrogens (tertiary/aromatic N) is 1. The molecule has 110 valence electrons. The Bertz CT molecular complexity index is 454. The highest BCUT2D eigenvalue weighted by Gasteiger charge is 2.23. The molecule has 0 aromatic heterocycles. The van der Waals surface area contributed by atoms with Crippen LogP contribution >= 0.6 is 11.6 Å². The van der Waals surface area contributed by atoms with Crippen LogP contribution in [0.3, 0.4) is 0 Å². The largest absolute Gasteiger partial charge is 0.314 e. The number of likely N-dealkylation sites (tertiary alicyclic amines) is 1. The first-order chi connectivity index (χ1) is 9.72. The molecule has 2 fully saturated rings. The fraction of sp³-hybridized carbons (Fsp3) is 0.647. The van der Waals surface area contributed by atoms with Gasteiger partial charge in [0.05, 0.1) is 0 Å². The van der Waals surface area contributed by atoms with E-state index in [4.69, 9.17) is 11.6 Å². The second kappa shape index (κ2) is 6.46. The summed E-state index contributed by atoms with van der Waals surface area (Å²) in [6.07, 6.45) is 6.33. The van der Waals surface area contributed by atoms with E-state index in [1.165, 1.54) is 49.9 Å². The lowest BCUT2D eigenvalue weighted by Crippen LogP contribution is -2.35. The van der Waals surface area contributed by atoms with Crippen LogP contribution in [0.2, 0.25) is 5.02 Å². The molecule has 2 atom stereocenters. The zero-order valence-electron chi connectivity index (χ0n) is 12.4. The number of halogens is 1. The summed E-state index contributed by atoms with van der Waals surface area (Å²) in [5.74, 6) is 0.620. The molecule has 1 aromatic rings. The molecule has 2 unspecified atom stereocenters. The topological polar surface area (TPSA) is 15.3 Å². The number of hydrogen-bond donors (Lipinski definition) is 1. The third-order valence-corrected chi connectivity index (χ3v) is 5.12. The van der Waals surface area contributed by atoms with Crippen molar-refractivity contribution in [2.75, 3.05) is 26.7 Å². The average molecular weight is 293 g/mol. The summed E-state index contributed by atoms with van der Waals surface area (Å²) in [4.78, 5) is 2.39. The SMILES string of the molecule is CN1CCC(c2ccc(CC3CCCCN3)cc2Cl)C1. The highest BCUT2D eigenvalue weighted by molar-refractivity contribution is 6.31. The summed E-state index contributed by atoms with van der Waals surface area (Å²) >= 11 is 6.54. The molecule has 2 heterocycles. The molecule has 2 saturated heterocycles. The molecule has 3 heteroatoms. The predicted molar refractivity (Wildman–Crippen MR) is 85.7 cm³/mol. The van der Waals surface area contributed by atoms with Crippen molar-refractivity contribution in [2.24, 2.45) is 0 Å². The number of rotatable bonds is 3. The van der Waals surface area contributed by atoms with E-state index in [0.717, 1.165) is 18.0 Å². The van der Waals surface area contributed by atoms with Crippen molar-refractivity contribution < 1.29 is 0 Å². The molecule has 2 aliphatic heterocycles. The van der Waals surface area contributed by atoms with E-state index >= 15 is 0 Å². The fourth-order valence-electron chi connectivity index (χ4n) is 3.60. The van der Waals surface area contributed by atoms with Crippen LogP contribution in [0.15, 0.2) is 18.2 Å². The minimum absolute atomic E-state index is 0.620. The first-order valence-corrected chi connectivity index (χ1v) is 8.30. The Labute approximate surface area is 127 Å². The highest BCUT2D eigenvalue weighted by atomic mass is 35.5. The Morgan fingerprint density at radius 2 is 2.20 bits per heavy atom. The van der Waals surface area contributed by atoms with Gasteiger partial charge in [-0.15, -0.1) is 0 Å². The van der Waals surface area contributed by atoms with Crippen molar-refractivity contribution >= 4 is 11.6 Å². The summed E-state index contributed by atoms with van der Waals surface area (Å²) in [6, 6.07) is 7.40. The van der Waals surface area contributed by atoms with E-state index < -0.39 is 0 Å². The van der Waals surface area contributed by atoms with Gasteiger partial charge in [-0.1, -0.05) is 30.2 Å². The lowest BCUT2D eigenvalue weighted by Gasteiger charge is -2.24. The molecule has 0 spiro atoms. The van der Waals surface area contributed by atoms with Crippen LogP contribution in [0.25, 0.3) is 0 Å². The van der Waals surface area contributed by atoms with Gasteiger partial charge in [0.25, 0.3) is 0 Å². The molecule has 2 aliphatic rings. The first-order valence-electron chi connectivity index (χ1n) is 7.92. The van der Waals surface area contributed by atoms with Crippen LogP contribution in [0.5, 0.6) is 0 Å². The van der Waals surface area contributed by atoms with Gasteiger partial charge in [-0.3, -0.25) is 0 Å². The van der Waals surface area contributed by atoms with Crippen LogP contribution in [-0.2, 0) is 6.42 Å². The molecular weight excluding hydrogens is 268 g/mol. The number of benzene rings is 1. The van der Waals surface area contributed by atoms with Crippen molar-refractivity contribution in [1.29, 1.82) is 0 Å². The molecule has 0 aliphatic carbocycles. The van der Waals surface area contributed by atoms with Gasteiger partial charge >= 0.3 is 0 Å². The van der Waals surface area contributed by atoms with Crippen molar-refractivity contribution in [3.05, 3.63) is 34.3 Å². The third kappa shape index (κ3) is 3.36. The van der Waals surface area contributed by atoms with E-state index in [9.17, 15) is 0 Å². The lowest BCUT2D eigenvalue weighted by molar-refractivity contribution is 0.399. The number of hydrogen-bond acceptors (Lipinski definition) is 2. The molecule has 0 bridgehead atoms. The van der Waals surface area contributed by atoms with E-state index in [1.807, 2.05) is 0 Å². The van der Waals surface area contributed by atoms with E-state index in [1.54, 1.807) is 0 Å². The number of likely N-dealkylation sites (N-methyl/N-ethyl adjacent to an activating group) is 1. The number of piperidine rings is 1. The molecule has 0 amide bonds. The normalized spacial score (nSPS) is 27.9. The van der Waals surface area contributed by atoms with E-state index in [-0.39, 0.29) is 0 Å². The standard InChI is InChI=1S/C17H25ClN2/c1-20-9-7-14(12-20)16-6-5-13(11-17(16)18)10-15-4-2-3-8-19-15/h5-6,11,14-15,19H,2-4,7-10,12H2,1H3. The Morgan fingerprint density at radius 3 is 2.85 bits per heavy atom. The van der Waals surface area contributed by atoms with Gasteiger partial charge in [0.15, 0.2) is 0 Å². The third-order valence-electron chi connectivity index (χ3n) is 4.79. The van der Waals surface area contributed by atoms with Crippen LogP contribution in [-0.4, -0.2) is 37.6 Å². The quantitative estimate of drug-likeness (QED) is 0.918. The molecule has 2 nitrogen and oxygen atoms in total. The van der Waals surface area contributed by atoms with Gasteiger partial charge in [0.1, 0.15) is 0 Å². The second-order valence-corrected chi connectivity index (χ2v) is 6.86. The predicted octanol–water partition coefficient (Wildman–Crippen LogP) is 3.44. The van der Waals surface area contributed by atoms with Gasteiger partial charge in [-0.25, -0.2) is 0 Å². The second-order valence-electron chi connectivity index (χ2n) is 6.45. The maximum Gasteiger partial charge on any atom is 0.0444 e. The lowest BCUT2D eigenvalue weighted by atomic mass is 9.94. The molecule has 1 aromatic carbocycles. The average Bonchev–Trinajstić information content (AvgIpc) is 2.86. The molecule has 0 saturated carbocycles. The minimum atomic E-state index is 0.620. The van der Waals surface area contributed by atoms with Crippen molar-refractivity contribution in [3.8, 4) is 0 Å². The van der Waals surface area contributed by atoms with Gasteiger partial charge < -0.3 is 10.2 Å². The highest BCUT2D eigenvalue weighted by Crippen LogP contribution is 2.32. The summed E-state index contributed by atoms with van der Waals surface area (Å²) < 4.78 is 0. The maximum atomic E-state index is 6.54. The molecular formula is C17H25ClN2. The zero-order chi connectivity index (χ0) is 13.9. The Balaban J connectivity index is 1.67. The Kier molecular flexibility index (Phi) is 4.65. The van der Waals surface area contributed by atoms with Crippen molar-refractivity contribution in [3.63, 3.8) is 0 Å². The summed E-state index contributed by atoms with van der Waals surface area (Å²) in [5, 5.41) is 4.58. The molecule has 0 radical (unpaired) electrons. The van der Waals surface area contributed by atoms with Crippen molar-refractivity contribution in [1.82, 2.24) is 10.2 Å². The smallest absolute Gasteiger partial charge is 0.0444 e. The van der Waals surface area contributed by atoms with Crippen LogP contribution < -0.4 is 5.32 Å². The number of nitrogens with one attached hydrogen (secondary N) is 1. The van der Waals surface area contributed by atoms with Crippen LogP contribution in [0.4, 0.5) is 0 Å². The Hall–Kier alpha value is -0.570. The van der Waals surface area contributed by atoms with Gasteiger partial charge in [0, 0.05) is 17.6 Å². The molecule has 20 heavy (non-hydrogen) atoms. The van der Waals surface area contributed by atoms with Crippen molar-refractivity contribution in [2.45, 2.75) is 44.1 Å². The molecule has 1 N–H and O–H groups in total. The minimum Gasteiger partial charge on any atom is -0.314 e. The monoisotopic (exact) mass is 292 g/mol. The maximum absolute atomic E-state index is 6.54. The van der Waals surface area contributed by atoms with Gasteiger partial charge in [-0.05, 0) is 68.9 Å². The fourth-order valence-corrected chi connectivity index (χ4v) is 3.96. The van der Waals surface area contributed by atoms with Gasteiger partial charge in [-0.2, -0.15) is 0 Å². The van der Waals surface area contributed by atoms with Crippen LogP contribution in [0, 0.1) is 0 Å². The summed E-state index contributed by atoms with van der Waals surface area (Å²) in [5.41, 5.74) is 2.72. The van der Waals surface area contributed by atoms with E-state index in [2.05, 4.69) is 35.5 Å². The summed E-state index contributed by atoms with van der Waals surface area (Å²) in [7, 11) is 2.19.